The number of halogens is 2. The molecule has 0 radical (unpaired) electrons. The number of benzene rings is 2. The van der Waals surface area contributed by atoms with E-state index in [4.69, 9.17) is 11.6 Å². The molecule has 9 nitrogen and oxygen atoms in total. The molecule has 4 rings (SSSR count). The van der Waals surface area contributed by atoms with Gasteiger partial charge in [-0.2, -0.15) is 0 Å². The predicted molar refractivity (Wildman–Crippen MR) is 120 cm³/mol. The number of sulfonamides is 1. The van der Waals surface area contributed by atoms with E-state index in [-0.39, 0.29) is 39.9 Å². The molecule has 0 unspecified atom stereocenters. The van der Waals surface area contributed by atoms with Crippen molar-refractivity contribution in [3.05, 3.63) is 65.8 Å². The van der Waals surface area contributed by atoms with E-state index in [0.717, 1.165) is 11.0 Å². The van der Waals surface area contributed by atoms with E-state index >= 15 is 0 Å². The number of H-pyrrole nitrogens is 1. The van der Waals surface area contributed by atoms with E-state index in [1.54, 1.807) is 0 Å². The van der Waals surface area contributed by atoms with Crippen molar-refractivity contribution in [3.8, 4) is 0 Å². The Kier molecular flexibility index (Phi) is 7.56. The molecule has 2 aromatic heterocycles. The zero-order valence-electron chi connectivity index (χ0n) is 16.1. The number of fused-ring (bicyclic) bond motifs is 1. The summed E-state index contributed by atoms with van der Waals surface area (Å²) in [4.78, 5) is 19.8. The van der Waals surface area contributed by atoms with Crippen LogP contribution >= 0.6 is 23.4 Å². The Bertz CT molecular complexity index is 1300. The minimum Gasteiger partial charge on any atom is -1.00 e. The maximum absolute atomic E-state index is 12.4. The van der Waals surface area contributed by atoms with Crippen LogP contribution in [0.4, 0.5) is 11.5 Å². The fraction of sp³-hybridized carbons (Fsp3) is 0.0526. The van der Waals surface area contributed by atoms with Gasteiger partial charge in [-0.25, -0.2) is 13.4 Å². The third-order valence-electron chi connectivity index (χ3n) is 4.03. The molecule has 1 amide bonds. The topological polar surface area (TPSA) is 130 Å². The molecule has 0 aliphatic heterocycles. The number of imidazole rings is 1. The van der Waals surface area contributed by atoms with E-state index < -0.39 is 10.0 Å². The summed E-state index contributed by atoms with van der Waals surface area (Å²) in [5, 5.41) is 10.8. The normalized spacial score (nSPS) is 11.0. The van der Waals surface area contributed by atoms with E-state index in [2.05, 4.69) is 30.2 Å². The summed E-state index contributed by atoms with van der Waals surface area (Å²) in [6.45, 7) is 0. The highest BCUT2D eigenvalue weighted by Gasteiger charge is 2.15. The van der Waals surface area contributed by atoms with Crippen molar-refractivity contribution in [2.75, 3.05) is 15.8 Å². The van der Waals surface area contributed by atoms with Gasteiger partial charge in [0.1, 0.15) is 0 Å². The van der Waals surface area contributed by atoms with Crippen LogP contribution in [0.25, 0.3) is 11.0 Å². The van der Waals surface area contributed by atoms with Crippen LogP contribution in [0.3, 0.4) is 0 Å². The largest absolute Gasteiger partial charge is 1.00 e. The third-order valence-corrected chi connectivity index (χ3v) is 6.47. The molecule has 166 valence electrons. The lowest BCUT2D eigenvalue weighted by molar-refractivity contribution is -0.113. The number of nitrogens with zero attached hydrogens (tertiary/aromatic N) is 3. The zero-order chi connectivity index (χ0) is 21.8. The Hall–Kier alpha value is -2.86. The molecule has 2 heterocycles. The zero-order valence-corrected chi connectivity index (χ0v) is 19.3. The van der Waals surface area contributed by atoms with Gasteiger partial charge in [0, 0.05) is 5.69 Å². The Morgan fingerprint density at radius 2 is 1.78 bits per heavy atom. The molecule has 4 aromatic rings. The molecule has 0 spiro atoms. The number of anilines is 2. The van der Waals surface area contributed by atoms with Crippen LogP contribution < -0.4 is 22.4 Å². The van der Waals surface area contributed by atoms with Crippen molar-refractivity contribution in [2.24, 2.45) is 0 Å². The Morgan fingerprint density at radius 3 is 2.47 bits per heavy atom. The van der Waals surface area contributed by atoms with Gasteiger partial charge in [0.2, 0.25) is 5.91 Å². The molecule has 0 fully saturated rings. The van der Waals surface area contributed by atoms with E-state index in [1.165, 1.54) is 48.2 Å². The monoisotopic (exact) mass is 509 g/mol. The highest BCUT2D eigenvalue weighted by atomic mass is 35.5. The molecule has 0 saturated carbocycles. The molecular formula is C19H15Cl2N6O3S2-. The average molecular weight is 510 g/mol. The van der Waals surface area contributed by atoms with Gasteiger partial charge in [-0.05, 0) is 48.5 Å². The Balaban J connectivity index is 0.00000289. The van der Waals surface area contributed by atoms with Gasteiger partial charge in [-0.3, -0.25) is 9.52 Å². The first-order chi connectivity index (χ1) is 14.9. The molecule has 3 N–H and O–H groups in total. The quantitative estimate of drug-likeness (QED) is 0.310. The van der Waals surface area contributed by atoms with E-state index in [0.29, 0.717) is 10.8 Å². The number of aromatic amines is 1. The summed E-state index contributed by atoms with van der Waals surface area (Å²) in [6, 6.07) is 16.2. The summed E-state index contributed by atoms with van der Waals surface area (Å²) in [6.07, 6.45) is 0. The van der Waals surface area contributed by atoms with Crippen LogP contribution in [0.2, 0.25) is 5.15 Å². The molecular weight excluding hydrogens is 495 g/mol. The predicted octanol–water partition coefficient (Wildman–Crippen LogP) is 0.542. The highest BCUT2D eigenvalue weighted by Crippen LogP contribution is 2.20. The van der Waals surface area contributed by atoms with Gasteiger partial charge in [0.05, 0.1) is 21.7 Å². The minimum atomic E-state index is -3.86. The smallest absolute Gasteiger partial charge is 0.263 e. The number of carbonyl (C=O) groups excluding carboxylic acids is 1. The fourth-order valence-electron chi connectivity index (χ4n) is 2.61. The number of rotatable bonds is 7. The molecule has 0 saturated heterocycles. The van der Waals surface area contributed by atoms with Gasteiger partial charge in [0.25, 0.3) is 10.0 Å². The van der Waals surface area contributed by atoms with Crippen LogP contribution in [0.15, 0.2) is 70.7 Å². The van der Waals surface area contributed by atoms with Gasteiger partial charge < -0.3 is 22.7 Å². The van der Waals surface area contributed by atoms with Crippen LogP contribution in [-0.2, 0) is 14.8 Å². The maximum Gasteiger partial charge on any atom is 0.263 e. The molecule has 2 aromatic carbocycles. The number of para-hydroxylation sites is 2. The third kappa shape index (κ3) is 5.88. The number of amides is 1. The van der Waals surface area contributed by atoms with Crippen molar-refractivity contribution < 1.29 is 25.6 Å². The Morgan fingerprint density at radius 1 is 1.03 bits per heavy atom. The number of thioether (sulfide) groups is 1. The molecule has 0 aliphatic carbocycles. The standard InChI is InChI=1S/C19H15ClN6O3S2.ClH/c20-16-9-10-17(25-24-16)26-31(28,29)13-7-5-12(6-8-13)21-18(27)11-30-19-22-14-3-1-2-4-15(14)23-19;/h1-10H,11H2,(H,21,27)(H,22,23)(H,25,26);1H/p-1. The number of nitrogens with one attached hydrogen (secondary N) is 3. The van der Waals surface area contributed by atoms with Gasteiger partial charge in [-0.15, -0.1) is 10.2 Å². The summed E-state index contributed by atoms with van der Waals surface area (Å²) in [5.74, 6) is -0.0450. The van der Waals surface area contributed by atoms with E-state index in [9.17, 15) is 13.2 Å². The van der Waals surface area contributed by atoms with Crippen LogP contribution in [0.5, 0.6) is 0 Å². The molecule has 0 bridgehead atoms. The lowest BCUT2D eigenvalue weighted by Crippen LogP contribution is -3.00. The second-order valence-corrected chi connectivity index (χ2v) is 9.30. The first kappa shape index (κ1) is 23.8. The Labute approximate surface area is 198 Å². The molecule has 32 heavy (non-hydrogen) atoms. The summed E-state index contributed by atoms with van der Waals surface area (Å²) in [5.41, 5.74) is 2.21. The second kappa shape index (κ2) is 10.2. The second-order valence-electron chi connectivity index (χ2n) is 6.27. The first-order valence-electron chi connectivity index (χ1n) is 8.88. The fourth-order valence-corrected chi connectivity index (χ4v) is 4.40. The van der Waals surface area contributed by atoms with Crippen molar-refractivity contribution in [2.45, 2.75) is 10.1 Å². The van der Waals surface area contributed by atoms with Crippen LogP contribution in [0.1, 0.15) is 0 Å². The van der Waals surface area contributed by atoms with Gasteiger partial charge in [-0.1, -0.05) is 35.5 Å². The number of aromatic nitrogens is 4. The molecule has 0 aliphatic rings. The van der Waals surface area contributed by atoms with Crippen molar-refractivity contribution in [3.63, 3.8) is 0 Å². The number of hydrogen-bond donors (Lipinski definition) is 3. The molecule has 13 heteroatoms. The SMILES string of the molecule is O=C(CSc1nc2ccccc2[nH]1)Nc1ccc(S(=O)(=O)Nc2ccc(Cl)nn2)cc1.[Cl-]. The average Bonchev–Trinajstić information content (AvgIpc) is 3.17. The number of carbonyl (C=O) groups is 1. The van der Waals surface area contributed by atoms with Crippen LogP contribution in [-0.4, -0.2) is 40.2 Å². The molecule has 0 atom stereocenters. The van der Waals surface area contributed by atoms with E-state index in [1.807, 2.05) is 24.3 Å². The van der Waals surface area contributed by atoms with Crippen molar-refractivity contribution in [1.82, 2.24) is 20.2 Å². The first-order valence-corrected chi connectivity index (χ1v) is 11.7. The maximum atomic E-state index is 12.4. The van der Waals surface area contributed by atoms with Gasteiger partial charge in [0.15, 0.2) is 16.1 Å². The van der Waals surface area contributed by atoms with Crippen molar-refractivity contribution in [1.29, 1.82) is 0 Å². The summed E-state index contributed by atoms with van der Waals surface area (Å²) >= 11 is 6.92. The van der Waals surface area contributed by atoms with Crippen LogP contribution in [0, 0.1) is 0 Å². The minimum absolute atomic E-state index is 0. The number of hydrogen-bond acceptors (Lipinski definition) is 7. The van der Waals surface area contributed by atoms with Crippen molar-refractivity contribution >= 4 is 61.8 Å². The van der Waals surface area contributed by atoms with Gasteiger partial charge >= 0.3 is 0 Å². The highest BCUT2D eigenvalue weighted by molar-refractivity contribution is 7.99. The summed E-state index contributed by atoms with van der Waals surface area (Å²) in [7, 11) is -3.86. The lowest BCUT2D eigenvalue weighted by Gasteiger charge is -2.08. The summed E-state index contributed by atoms with van der Waals surface area (Å²) < 4.78 is 27.2. The lowest BCUT2D eigenvalue weighted by atomic mass is 10.3.